The predicted molar refractivity (Wildman–Crippen MR) is 64.0 cm³/mol. The minimum atomic E-state index is -3.27. The molecular weight excluding hydrogens is 224 g/mol. The Balaban J connectivity index is 2.95. The highest BCUT2D eigenvalue weighted by molar-refractivity contribution is 7.92. The Labute approximate surface area is 97.0 Å². The molecule has 0 bridgehead atoms. The normalized spacial score (nSPS) is 15.7. The van der Waals surface area contributed by atoms with Crippen LogP contribution in [-0.4, -0.2) is 25.4 Å². The standard InChI is InChI=1S/C12H18O3S/c1-10(8-9-13)11(2)16(14,15)12-6-4-3-5-7-12/h3-7,10-11,13H,8-9H2,1-2H3. The number of rotatable bonds is 5. The van der Waals surface area contributed by atoms with E-state index in [1.54, 1.807) is 37.3 Å². The molecule has 2 unspecified atom stereocenters. The largest absolute Gasteiger partial charge is 0.396 e. The van der Waals surface area contributed by atoms with E-state index in [4.69, 9.17) is 5.11 Å². The Hall–Kier alpha value is -0.870. The third kappa shape index (κ3) is 2.83. The Bertz CT molecular complexity index is 411. The molecule has 0 aliphatic carbocycles. The average Bonchev–Trinajstić information content (AvgIpc) is 2.29. The van der Waals surface area contributed by atoms with Gasteiger partial charge in [0.05, 0.1) is 10.1 Å². The van der Waals surface area contributed by atoms with Crippen molar-refractivity contribution in [3.63, 3.8) is 0 Å². The number of hydrogen-bond donors (Lipinski definition) is 1. The first-order valence-corrected chi connectivity index (χ1v) is 6.94. The molecule has 1 N–H and O–H groups in total. The number of sulfone groups is 1. The highest BCUT2D eigenvalue weighted by Crippen LogP contribution is 2.22. The van der Waals surface area contributed by atoms with Gasteiger partial charge in [-0.05, 0) is 31.4 Å². The number of hydrogen-bond acceptors (Lipinski definition) is 3. The molecule has 4 heteroatoms. The molecule has 0 aliphatic rings. The van der Waals surface area contributed by atoms with Crippen LogP contribution < -0.4 is 0 Å². The molecule has 0 aromatic heterocycles. The molecule has 0 spiro atoms. The Kier molecular flexibility index (Phi) is 4.50. The lowest BCUT2D eigenvalue weighted by atomic mass is 10.1. The van der Waals surface area contributed by atoms with Gasteiger partial charge < -0.3 is 5.11 Å². The molecule has 1 rings (SSSR count). The zero-order chi connectivity index (χ0) is 12.2. The van der Waals surface area contributed by atoms with E-state index in [0.717, 1.165) is 0 Å². The third-order valence-corrected chi connectivity index (χ3v) is 5.32. The summed E-state index contributed by atoms with van der Waals surface area (Å²) < 4.78 is 24.3. The number of aliphatic hydroxyl groups is 1. The Morgan fingerprint density at radius 3 is 2.25 bits per heavy atom. The van der Waals surface area contributed by atoms with E-state index in [1.807, 2.05) is 6.92 Å². The van der Waals surface area contributed by atoms with Crippen LogP contribution in [0.3, 0.4) is 0 Å². The molecule has 1 aromatic carbocycles. The van der Waals surface area contributed by atoms with Gasteiger partial charge in [-0.15, -0.1) is 0 Å². The van der Waals surface area contributed by atoms with Crippen LogP contribution >= 0.6 is 0 Å². The van der Waals surface area contributed by atoms with Crippen molar-refractivity contribution in [2.45, 2.75) is 30.4 Å². The second-order valence-electron chi connectivity index (χ2n) is 4.05. The van der Waals surface area contributed by atoms with Gasteiger partial charge in [-0.2, -0.15) is 0 Å². The smallest absolute Gasteiger partial charge is 0.181 e. The summed E-state index contributed by atoms with van der Waals surface area (Å²) in [4.78, 5) is 0.354. The Morgan fingerprint density at radius 2 is 1.75 bits per heavy atom. The monoisotopic (exact) mass is 242 g/mol. The third-order valence-electron chi connectivity index (χ3n) is 2.95. The molecule has 0 amide bonds. The summed E-state index contributed by atoms with van der Waals surface area (Å²) in [6.07, 6.45) is 0.507. The summed E-state index contributed by atoms with van der Waals surface area (Å²) in [7, 11) is -3.27. The lowest BCUT2D eigenvalue weighted by molar-refractivity contribution is 0.261. The highest BCUT2D eigenvalue weighted by atomic mass is 32.2. The average molecular weight is 242 g/mol. The van der Waals surface area contributed by atoms with E-state index in [-0.39, 0.29) is 12.5 Å². The van der Waals surface area contributed by atoms with Crippen LogP contribution in [0, 0.1) is 5.92 Å². The number of benzene rings is 1. The van der Waals surface area contributed by atoms with Crippen LogP contribution in [0.2, 0.25) is 0 Å². The van der Waals surface area contributed by atoms with Crippen LogP contribution in [-0.2, 0) is 9.84 Å². The van der Waals surface area contributed by atoms with Crippen molar-refractivity contribution < 1.29 is 13.5 Å². The van der Waals surface area contributed by atoms with E-state index >= 15 is 0 Å². The summed E-state index contributed by atoms with van der Waals surface area (Å²) in [6, 6.07) is 8.45. The predicted octanol–water partition coefficient (Wildman–Crippen LogP) is 1.87. The quantitative estimate of drug-likeness (QED) is 0.857. The fourth-order valence-electron chi connectivity index (χ4n) is 1.57. The summed E-state index contributed by atoms with van der Waals surface area (Å²) in [5.41, 5.74) is 0. The molecule has 90 valence electrons. The van der Waals surface area contributed by atoms with E-state index in [9.17, 15) is 8.42 Å². The van der Waals surface area contributed by atoms with E-state index in [0.29, 0.717) is 11.3 Å². The van der Waals surface area contributed by atoms with Crippen LogP contribution in [0.4, 0.5) is 0 Å². The molecule has 0 saturated heterocycles. The molecule has 0 fully saturated rings. The summed E-state index contributed by atoms with van der Waals surface area (Å²) in [5.74, 6) is -0.0461. The van der Waals surface area contributed by atoms with Gasteiger partial charge in [0.1, 0.15) is 0 Å². The minimum absolute atomic E-state index is 0.0236. The molecule has 1 aromatic rings. The zero-order valence-electron chi connectivity index (χ0n) is 9.63. The van der Waals surface area contributed by atoms with Crippen molar-refractivity contribution in [3.05, 3.63) is 30.3 Å². The van der Waals surface area contributed by atoms with Crippen LogP contribution in [0.1, 0.15) is 20.3 Å². The van der Waals surface area contributed by atoms with E-state index < -0.39 is 15.1 Å². The minimum Gasteiger partial charge on any atom is -0.396 e. The van der Waals surface area contributed by atoms with Gasteiger partial charge in [0.25, 0.3) is 0 Å². The molecule has 0 radical (unpaired) electrons. The fraction of sp³-hybridized carbons (Fsp3) is 0.500. The molecule has 3 nitrogen and oxygen atoms in total. The van der Waals surface area contributed by atoms with E-state index in [1.165, 1.54) is 0 Å². The first kappa shape index (κ1) is 13.2. The van der Waals surface area contributed by atoms with Crippen molar-refractivity contribution >= 4 is 9.84 Å². The Morgan fingerprint density at radius 1 is 1.19 bits per heavy atom. The highest BCUT2D eigenvalue weighted by Gasteiger charge is 2.27. The zero-order valence-corrected chi connectivity index (χ0v) is 10.4. The van der Waals surface area contributed by atoms with Gasteiger partial charge in [-0.25, -0.2) is 8.42 Å². The first-order chi connectivity index (χ1) is 7.50. The summed E-state index contributed by atoms with van der Waals surface area (Å²) >= 11 is 0. The van der Waals surface area contributed by atoms with Gasteiger partial charge in [-0.3, -0.25) is 0 Å². The topological polar surface area (TPSA) is 54.4 Å². The molecule has 0 aliphatic heterocycles. The second-order valence-corrected chi connectivity index (χ2v) is 6.36. The summed E-state index contributed by atoms with van der Waals surface area (Å²) in [5, 5.41) is 8.36. The first-order valence-electron chi connectivity index (χ1n) is 5.40. The maximum atomic E-state index is 12.2. The van der Waals surface area contributed by atoms with E-state index in [2.05, 4.69) is 0 Å². The second kappa shape index (κ2) is 5.46. The van der Waals surface area contributed by atoms with Crippen molar-refractivity contribution in [3.8, 4) is 0 Å². The molecule has 16 heavy (non-hydrogen) atoms. The fourth-order valence-corrected chi connectivity index (χ4v) is 3.28. The van der Waals surface area contributed by atoms with Gasteiger partial charge in [0.2, 0.25) is 0 Å². The van der Waals surface area contributed by atoms with Crippen LogP contribution in [0.15, 0.2) is 35.2 Å². The van der Waals surface area contributed by atoms with Gasteiger partial charge in [-0.1, -0.05) is 25.1 Å². The van der Waals surface area contributed by atoms with Gasteiger partial charge in [0, 0.05) is 6.61 Å². The van der Waals surface area contributed by atoms with Crippen molar-refractivity contribution in [2.24, 2.45) is 5.92 Å². The van der Waals surface area contributed by atoms with Gasteiger partial charge >= 0.3 is 0 Å². The SMILES string of the molecule is CC(CCO)C(C)S(=O)(=O)c1ccccc1. The van der Waals surface area contributed by atoms with Gasteiger partial charge in [0.15, 0.2) is 9.84 Å². The van der Waals surface area contributed by atoms with Crippen LogP contribution in [0.5, 0.6) is 0 Å². The van der Waals surface area contributed by atoms with Crippen molar-refractivity contribution in [2.75, 3.05) is 6.61 Å². The lowest BCUT2D eigenvalue weighted by Crippen LogP contribution is -2.26. The lowest BCUT2D eigenvalue weighted by Gasteiger charge is -2.19. The molecular formula is C12H18O3S. The molecule has 0 heterocycles. The molecule has 0 saturated carbocycles. The molecule has 2 atom stereocenters. The van der Waals surface area contributed by atoms with Crippen molar-refractivity contribution in [1.29, 1.82) is 0 Å². The maximum absolute atomic E-state index is 12.2. The number of aliphatic hydroxyl groups excluding tert-OH is 1. The van der Waals surface area contributed by atoms with Crippen molar-refractivity contribution in [1.82, 2.24) is 0 Å². The maximum Gasteiger partial charge on any atom is 0.181 e. The summed E-state index contributed by atoms with van der Waals surface area (Å²) in [6.45, 7) is 3.57. The van der Waals surface area contributed by atoms with Crippen LogP contribution in [0.25, 0.3) is 0 Å².